The molecule has 0 radical (unpaired) electrons. The van der Waals surface area contributed by atoms with Gasteiger partial charge in [-0.05, 0) is 48.6 Å². The molecule has 1 atom stereocenters. The number of halogens is 1. The van der Waals surface area contributed by atoms with Gasteiger partial charge in [0.05, 0.1) is 18.2 Å². The second-order valence-corrected chi connectivity index (χ2v) is 9.32. The van der Waals surface area contributed by atoms with Gasteiger partial charge in [-0.3, -0.25) is 19.4 Å². The molecule has 4 rings (SSSR count). The van der Waals surface area contributed by atoms with Crippen molar-refractivity contribution < 1.29 is 24.2 Å². The van der Waals surface area contributed by atoms with Gasteiger partial charge in [0.15, 0.2) is 5.75 Å². The van der Waals surface area contributed by atoms with Gasteiger partial charge in [0.1, 0.15) is 16.9 Å². The van der Waals surface area contributed by atoms with Crippen LogP contribution in [0.1, 0.15) is 54.1 Å². The van der Waals surface area contributed by atoms with Crippen molar-refractivity contribution in [3.8, 4) is 5.75 Å². The summed E-state index contributed by atoms with van der Waals surface area (Å²) in [5, 5.41) is 23.2. The minimum atomic E-state index is -0.792. The fraction of sp³-hybridized carbons (Fsp3) is 0.407. The van der Waals surface area contributed by atoms with Crippen LogP contribution in [0.25, 0.3) is 11.0 Å². The standard InChI is InChI=1S/C27H31FN4O5/c1-2-4-20(16-33)30-26(36)23-25(35)24-21(32(27(23)37)12-11-31-10-3-5-22(31)34)14-18(15-29-24)13-17-6-8-19(28)9-7-17/h6-9,14-15,20,33,35H,2-5,10-13,16H2,1H3,(H,30,36). The lowest BCUT2D eigenvalue weighted by atomic mass is 10.0. The highest BCUT2D eigenvalue weighted by molar-refractivity contribution is 6.01. The number of aliphatic hydroxyl groups is 1. The first kappa shape index (κ1) is 26.3. The molecule has 196 valence electrons. The van der Waals surface area contributed by atoms with Crippen LogP contribution in [0.3, 0.4) is 0 Å². The van der Waals surface area contributed by atoms with E-state index in [2.05, 4.69) is 10.3 Å². The quantitative estimate of drug-likeness (QED) is 0.385. The Bertz CT molecular complexity index is 1360. The maximum absolute atomic E-state index is 13.6. The molecule has 1 saturated heterocycles. The molecule has 9 nitrogen and oxygen atoms in total. The smallest absolute Gasteiger partial charge is 0.267 e. The largest absolute Gasteiger partial charge is 0.505 e. The normalized spacial score (nSPS) is 14.4. The number of rotatable bonds is 10. The number of aromatic hydroxyl groups is 1. The third-order valence-corrected chi connectivity index (χ3v) is 6.64. The first-order valence-corrected chi connectivity index (χ1v) is 12.5. The van der Waals surface area contributed by atoms with Gasteiger partial charge < -0.3 is 25.0 Å². The Labute approximate surface area is 213 Å². The molecule has 3 aromatic rings. The van der Waals surface area contributed by atoms with Crippen LogP contribution in [-0.2, 0) is 17.8 Å². The number of amides is 2. The van der Waals surface area contributed by atoms with Crippen LogP contribution in [0.2, 0.25) is 0 Å². The Morgan fingerprint density at radius 1 is 1.19 bits per heavy atom. The number of hydrogen-bond acceptors (Lipinski definition) is 6. The minimum absolute atomic E-state index is 0.00887. The average molecular weight is 511 g/mol. The average Bonchev–Trinajstić information content (AvgIpc) is 3.29. The van der Waals surface area contributed by atoms with Gasteiger partial charge in [0.2, 0.25) is 5.91 Å². The van der Waals surface area contributed by atoms with Crippen LogP contribution in [0.5, 0.6) is 5.75 Å². The minimum Gasteiger partial charge on any atom is -0.505 e. The van der Waals surface area contributed by atoms with Crippen LogP contribution in [0.15, 0.2) is 41.3 Å². The van der Waals surface area contributed by atoms with Gasteiger partial charge in [-0.25, -0.2) is 4.39 Å². The number of benzene rings is 1. The van der Waals surface area contributed by atoms with Gasteiger partial charge in [-0.1, -0.05) is 25.5 Å². The molecule has 0 saturated carbocycles. The van der Waals surface area contributed by atoms with Crippen molar-refractivity contribution in [1.82, 2.24) is 19.8 Å². The molecule has 1 unspecified atom stereocenters. The van der Waals surface area contributed by atoms with E-state index in [1.54, 1.807) is 29.3 Å². The predicted molar refractivity (Wildman–Crippen MR) is 136 cm³/mol. The molecule has 1 fully saturated rings. The highest BCUT2D eigenvalue weighted by atomic mass is 19.1. The fourth-order valence-electron chi connectivity index (χ4n) is 4.68. The summed E-state index contributed by atoms with van der Waals surface area (Å²) >= 11 is 0. The van der Waals surface area contributed by atoms with Crippen molar-refractivity contribution in [2.75, 3.05) is 19.7 Å². The summed E-state index contributed by atoms with van der Waals surface area (Å²) in [6, 6.07) is 7.19. The zero-order valence-corrected chi connectivity index (χ0v) is 20.7. The molecule has 2 amide bonds. The van der Waals surface area contributed by atoms with Crippen molar-refractivity contribution in [1.29, 1.82) is 0 Å². The topological polar surface area (TPSA) is 125 Å². The number of likely N-dealkylation sites (tertiary alicyclic amines) is 1. The summed E-state index contributed by atoms with van der Waals surface area (Å²) in [6.07, 6.45) is 4.39. The lowest BCUT2D eigenvalue weighted by molar-refractivity contribution is -0.127. The van der Waals surface area contributed by atoms with E-state index in [1.165, 1.54) is 16.7 Å². The summed E-state index contributed by atoms with van der Waals surface area (Å²) in [5.41, 5.74) is 0.820. The lowest BCUT2D eigenvalue weighted by Gasteiger charge is -2.20. The molecule has 0 aliphatic carbocycles. The van der Waals surface area contributed by atoms with Crippen molar-refractivity contribution in [2.45, 2.75) is 51.6 Å². The third-order valence-electron chi connectivity index (χ3n) is 6.64. The van der Waals surface area contributed by atoms with E-state index in [1.807, 2.05) is 6.92 Å². The van der Waals surface area contributed by atoms with E-state index >= 15 is 0 Å². The Balaban J connectivity index is 1.76. The molecule has 0 bridgehead atoms. The number of nitrogens with one attached hydrogen (secondary N) is 1. The second kappa shape index (κ2) is 11.5. The Morgan fingerprint density at radius 3 is 2.59 bits per heavy atom. The van der Waals surface area contributed by atoms with Gasteiger partial charge >= 0.3 is 0 Å². The number of aromatic nitrogens is 2. The number of aliphatic hydroxyl groups excluding tert-OH is 1. The Kier molecular flexibility index (Phi) is 8.17. The van der Waals surface area contributed by atoms with Crippen LogP contribution in [0, 0.1) is 5.82 Å². The van der Waals surface area contributed by atoms with Gasteiger partial charge in [0, 0.05) is 32.3 Å². The number of carbonyl (C=O) groups excluding carboxylic acids is 2. The lowest BCUT2D eigenvalue weighted by Crippen LogP contribution is -2.41. The van der Waals surface area contributed by atoms with Crippen LogP contribution >= 0.6 is 0 Å². The van der Waals surface area contributed by atoms with Crippen molar-refractivity contribution >= 4 is 22.8 Å². The first-order chi connectivity index (χ1) is 17.8. The van der Waals surface area contributed by atoms with E-state index in [4.69, 9.17) is 0 Å². The van der Waals surface area contributed by atoms with E-state index in [9.17, 15) is 29.0 Å². The number of nitrogens with zero attached hydrogens (tertiary/aromatic N) is 3. The van der Waals surface area contributed by atoms with E-state index in [0.717, 1.165) is 17.5 Å². The summed E-state index contributed by atoms with van der Waals surface area (Å²) in [7, 11) is 0. The second-order valence-electron chi connectivity index (χ2n) is 9.32. The van der Waals surface area contributed by atoms with Crippen LogP contribution in [-0.4, -0.2) is 62.2 Å². The number of hydrogen-bond donors (Lipinski definition) is 3. The summed E-state index contributed by atoms with van der Waals surface area (Å²) in [6.45, 7) is 2.59. The Hall–Kier alpha value is -3.79. The number of fused-ring (bicyclic) bond motifs is 1. The number of carbonyl (C=O) groups is 2. The molecule has 1 aliphatic heterocycles. The van der Waals surface area contributed by atoms with Gasteiger partial charge in [0.25, 0.3) is 11.5 Å². The van der Waals surface area contributed by atoms with Gasteiger partial charge in [-0.15, -0.1) is 0 Å². The van der Waals surface area contributed by atoms with Crippen molar-refractivity contribution in [3.05, 3.63) is 69.4 Å². The number of pyridine rings is 2. The van der Waals surface area contributed by atoms with Crippen molar-refractivity contribution in [2.24, 2.45) is 0 Å². The molecule has 2 aromatic heterocycles. The maximum Gasteiger partial charge on any atom is 0.267 e. The summed E-state index contributed by atoms with van der Waals surface area (Å²) in [5.74, 6) is -1.66. The molecule has 1 aliphatic rings. The highest BCUT2D eigenvalue weighted by Crippen LogP contribution is 2.26. The highest BCUT2D eigenvalue weighted by Gasteiger charge is 2.26. The fourth-order valence-corrected chi connectivity index (χ4v) is 4.68. The molecule has 3 N–H and O–H groups in total. The zero-order chi connectivity index (χ0) is 26.5. The third kappa shape index (κ3) is 5.80. The van der Waals surface area contributed by atoms with Crippen molar-refractivity contribution in [3.63, 3.8) is 0 Å². The molecular weight excluding hydrogens is 479 g/mol. The Morgan fingerprint density at radius 2 is 1.95 bits per heavy atom. The summed E-state index contributed by atoms with van der Waals surface area (Å²) < 4.78 is 14.7. The van der Waals surface area contributed by atoms with Gasteiger partial charge in [-0.2, -0.15) is 0 Å². The summed E-state index contributed by atoms with van der Waals surface area (Å²) in [4.78, 5) is 44.8. The van der Waals surface area contributed by atoms with Crippen LogP contribution < -0.4 is 10.9 Å². The predicted octanol–water partition coefficient (Wildman–Crippen LogP) is 2.35. The molecule has 1 aromatic carbocycles. The molecule has 0 spiro atoms. The monoisotopic (exact) mass is 510 g/mol. The SMILES string of the molecule is CCCC(CO)NC(=O)c1c(O)c2ncc(Cc3ccc(F)cc3)cc2n(CCN2CCCC2=O)c1=O. The molecule has 3 heterocycles. The van der Waals surface area contributed by atoms with E-state index in [0.29, 0.717) is 37.7 Å². The van der Waals surface area contributed by atoms with Crippen LogP contribution in [0.4, 0.5) is 4.39 Å². The molecule has 37 heavy (non-hydrogen) atoms. The zero-order valence-electron chi connectivity index (χ0n) is 20.7. The molecule has 10 heteroatoms. The molecular formula is C27H31FN4O5. The maximum atomic E-state index is 13.6. The van der Waals surface area contributed by atoms with E-state index in [-0.39, 0.29) is 36.9 Å². The van der Waals surface area contributed by atoms with E-state index < -0.39 is 28.8 Å². The first-order valence-electron chi connectivity index (χ1n) is 12.5.